The number of nitrogens with zero attached hydrogens (tertiary/aromatic N) is 2. The van der Waals surface area contributed by atoms with Crippen molar-refractivity contribution in [2.45, 2.75) is 20.3 Å². The minimum absolute atomic E-state index is 0.132. The van der Waals surface area contributed by atoms with Gasteiger partial charge in [-0.1, -0.05) is 58.6 Å². The van der Waals surface area contributed by atoms with Gasteiger partial charge in [-0.2, -0.15) is 0 Å². The van der Waals surface area contributed by atoms with Gasteiger partial charge in [0.25, 0.3) is 0 Å². The Morgan fingerprint density at radius 2 is 1.66 bits per heavy atom. The molecule has 9 heteroatoms. The number of ether oxygens (including phenoxy) is 1. The highest BCUT2D eigenvalue weighted by atomic mass is 35.5. The molecule has 1 saturated heterocycles. The number of benzene rings is 3. The monoisotopic (exact) mass is 624 g/mol. The zero-order chi connectivity index (χ0) is 30.9. The number of ketones is 1. The molecule has 7 rings (SSSR count). The number of rotatable bonds is 6. The van der Waals surface area contributed by atoms with E-state index in [1.807, 2.05) is 32.0 Å². The van der Waals surface area contributed by atoms with Gasteiger partial charge in [-0.05, 0) is 80.6 Å². The van der Waals surface area contributed by atoms with Crippen LogP contribution in [0.2, 0.25) is 10.0 Å². The van der Waals surface area contributed by atoms with Gasteiger partial charge >= 0.3 is 5.97 Å². The lowest BCUT2D eigenvalue weighted by Crippen LogP contribution is -2.32. The third kappa shape index (κ3) is 4.62. The highest BCUT2D eigenvalue weighted by Crippen LogP contribution is 2.56. The van der Waals surface area contributed by atoms with Gasteiger partial charge in [0.05, 0.1) is 39.3 Å². The first kappa shape index (κ1) is 28.4. The molecule has 4 unspecified atom stereocenters. The van der Waals surface area contributed by atoms with E-state index in [9.17, 15) is 19.2 Å². The first-order valence-electron chi connectivity index (χ1n) is 14.3. The molecule has 2 fully saturated rings. The summed E-state index contributed by atoms with van der Waals surface area (Å²) >= 11 is 12.1. The van der Waals surface area contributed by atoms with Gasteiger partial charge < -0.3 is 4.74 Å². The largest absolute Gasteiger partial charge is 0.454 e. The number of pyridine rings is 1. The van der Waals surface area contributed by atoms with Crippen molar-refractivity contribution >= 4 is 63.4 Å². The second kappa shape index (κ2) is 10.7. The molecular formula is C35H26Cl2N2O5. The number of esters is 1. The molecule has 1 saturated carbocycles. The van der Waals surface area contributed by atoms with Gasteiger partial charge in [0.1, 0.15) is 0 Å². The van der Waals surface area contributed by atoms with E-state index in [1.54, 1.807) is 36.4 Å². The third-order valence-corrected chi connectivity index (χ3v) is 9.60. The van der Waals surface area contributed by atoms with Crippen LogP contribution >= 0.6 is 23.2 Å². The minimum atomic E-state index is -0.683. The van der Waals surface area contributed by atoms with Crippen molar-refractivity contribution in [3.8, 4) is 11.3 Å². The number of imide groups is 1. The fourth-order valence-electron chi connectivity index (χ4n) is 6.97. The Kier molecular flexibility index (Phi) is 6.91. The zero-order valence-electron chi connectivity index (χ0n) is 23.8. The predicted molar refractivity (Wildman–Crippen MR) is 168 cm³/mol. The number of Topliss-reactive ketones (excluding diaryl/α,β-unsaturated/α-hetero) is 1. The van der Waals surface area contributed by atoms with E-state index in [0.29, 0.717) is 32.9 Å². The maximum Gasteiger partial charge on any atom is 0.339 e. The Hall–Kier alpha value is -4.33. The molecule has 44 heavy (non-hydrogen) atoms. The van der Waals surface area contributed by atoms with Crippen LogP contribution in [0.15, 0.2) is 78.4 Å². The van der Waals surface area contributed by atoms with Gasteiger partial charge in [0, 0.05) is 21.5 Å². The van der Waals surface area contributed by atoms with Crippen molar-refractivity contribution in [2.75, 3.05) is 11.5 Å². The van der Waals surface area contributed by atoms with Crippen molar-refractivity contribution in [3.05, 3.63) is 105 Å². The number of aryl methyl sites for hydroxylation is 1. The average Bonchev–Trinajstić information content (AvgIpc) is 3.65. The second-order valence-corrected chi connectivity index (χ2v) is 12.6. The molecule has 1 aromatic heterocycles. The summed E-state index contributed by atoms with van der Waals surface area (Å²) in [5.74, 6) is -1.69. The van der Waals surface area contributed by atoms with Crippen molar-refractivity contribution in [1.29, 1.82) is 0 Å². The van der Waals surface area contributed by atoms with Gasteiger partial charge in [-0.15, -0.1) is 0 Å². The summed E-state index contributed by atoms with van der Waals surface area (Å²) in [7, 11) is 0. The van der Waals surface area contributed by atoms with E-state index in [4.69, 9.17) is 32.9 Å². The molecule has 2 aliphatic carbocycles. The molecule has 2 amide bonds. The summed E-state index contributed by atoms with van der Waals surface area (Å²) in [6.45, 7) is 3.45. The Morgan fingerprint density at radius 3 is 2.41 bits per heavy atom. The molecule has 4 atom stereocenters. The third-order valence-electron chi connectivity index (χ3n) is 9.05. The van der Waals surface area contributed by atoms with E-state index in [2.05, 4.69) is 6.08 Å². The van der Waals surface area contributed by atoms with Crippen LogP contribution in [-0.4, -0.2) is 35.2 Å². The lowest BCUT2D eigenvalue weighted by molar-refractivity contribution is -0.123. The lowest BCUT2D eigenvalue weighted by atomic mass is 9.82. The molecule has 1 aliphatic heterocycles. The van der Waals surface area contributed by atoms with Crippen LogP contribution in [0.25, 0.3) is 22.2 Å². The Balaban J connectivity index is 1.16. The molecule has 4 aromatic rings. The summed E-state index contributed by atoms with van der Waals surface area (Å²) in [5.41, 5.74) is 4.88. The predicted octanol–water partition coefficient (Wildman–Crippen LogP) is 7.26. The first-order valence-corrected chi connectivity index (χ1v) is 15.1. The molecule has 0 N–H and O–H groups in total. The number of fused-ring (bicyclic) bond motifs is 6. The van der Waals surface area contributed by atoms with E-state index in [0.717, 1.165) is 12.0 Å². The van der Waals surface area contributed by atoms with E-state index < -0.39 is 18.4 Å². The molecule has 2 bridgehead atoms. The summed E-state index contributed by atoms with van der Waals surface area (Å²) in [4.78, 5) is 59.0. The highest BCUT2D eigenvalue weighted by Gasteiger charge is 2.60. The Morgan fingerprint density at radius 1 is 0.909 bits per heavy atom. The number of carbonyl (C=O) groups is 4. The normalized spacial score (nSPS) is 22.0. The SMILES string of the molecule is CC1=CC2CC1C1C(=O)N(c3ccc(-c4cc(C(=O)OCC(=O)c5ccc(Cl)cc5Cl)c5cc(C)ccc5n4)cc3)C(=O)C21. The van der Waals surface area contributed by atoms with E-state index in [-0.39, 0.29) is 51.6 Å². The number of allylic oxidation sites excluding steroid dienone is 2. The molecule has 3 aliphatic rings. The average molecular weight is 626 g/mol. The topological polar surface area (TPSA) is 93.6 Å². The zero-order valence-corrected chi connectivity index (χ0v) is 25.4. The maximum absolute atomic E-state index is 13.4. The van der Waals surface area contributed by atoms with Crippen LogP contribution < -0.4 is 4.90 Å². The first-order chi connectivity index (χ1) is 21.1. The second-order valence-electron chi connectivity index (χ2n) is 11.7. The highest BCUT2D eigenvalue weighted by molar-refractivity contribution is 6.37. The fourth-order valence-corrected chi connectivity index (χ4v) is 7.48. The molecule has 220 valence electrons. The number of hydrogen-bond donors (Lipinski definition) is 0. The molecule has 0 spiro atoms. The standard InChI is InChI=1S/C35H26Cl2N2O5/c1-17-3-10-28-25(11-17)26(35(43)44-16-30(40)23-9-6-21(36)14-27(23)37)15-29(38-28)19-4-7-22(8-5-19)39-33(41)31-20-12-18(2)24(13-20)32(31)34(39)42/h3-12,14-15,20,24,31-32H,13,16H2,1-2H3. The van der Waals surface area contributed by atoms with Crippen LogP contribution in [0.4, 0.5) is 5.69 Å². The van der Waals surface area contributed by atoms with Crippen LogP contribution in [0.5, 0.6) is 0 Å². The number of hydrogen-bond acceptors (Lipinski definition) is 6. The smallest absolute Gasteiger partial charge is 0.339 e. The molecule has 0 radical (unpaired) electrons. The molecular weight excluding hydrogens is 599 g/mol. The Labute approximate surface area is 263 Å². The maximum atomic E-state index is 13.4. The van der Waals surface area contributed by atoms with Crippen molar-refractivity contribution in [2.24, 2.45) is 23.7 Å². The van der Waals surface area contributed by atoms with Gasteiger partial charge in [-0.3, -0.25) is 19.3 Å². The fraction of sp³-hybridized carbons (Fsp3) is 0.229. The number of aromatic nitrogens is 1. The molecule has 2 heterocycles. The van der Waals surface area contributed by atoms with E-state index >= 15 is 0 Å². The van der Waals surface area contributed by atoms with E-state index in [1.165, 1.54) is 22.6 Å². The van der Waals surface area contributed by atoms with Crippen LogP contribution in [-0.2, 0) is 14.3 Å². The van der Waals surface area contributed by atoms with Gasteiger partial charge in [-0.25, -0.2) is 9.78 Å². The quantitative estimate of drug-likeness (QED) is 0.0970. The van der Waals surface area contributed by atoms with Gasteiger partial charge in [0.2, 0.25) is 17.6 Å². The number of anilines is 1. The summed E-state index contributed by atoms with van der Waals surface area (Å²) in [6.07, 6.45) is 3.04. The van der Waals surface area contributed by atoms with Crippen LogP contribution in [0.3, 0.4) is 0 Å². The lowest BCUT2D eigenvalue weighted by Gasteiger charge is -2.19. The summed E-state index contributed by atoms with van der Waals surface area (Å²) < 4.78 is 5.45. The Bertz CT molecular complexity index is 1950. The van der Waals surface area contributed by atoms with Crippen LogP contribution in [0.1, 0.15) is 39.6 Å². The van der Waals surface area contributed by atoms with Crippen LogP contribution in [0, 0.1) is 30.6 Å². The number of carbonyl (C=O) groups excluding carboxylic acids is 4. The number of amides is 2. The van der Waals surface area contributed by atoms with Crippen molar-refractivity contribution in [3.63, 3.8) is 0 Å². The van der Waals surface area contributed by atoms with Crippen molar-refractivity contribution in [1.82, 2.24) is 4.98 Å². The summed E-state index contributed by atoms with van der Waals surface area (Å²) in [6, 6.07) is 18.7. The summed E-state index contributed by atoms with van der Waals surface area (Å²) in [5, 5.41) is 1.16. The number of halogens is 2. The molecule has 7 nitrogen and oxygen atoms in total. The van der Waals surface area contributed by atoms with Crippen molar-refractivity contribution < 1.29 is 23.9 Å². The molecule has 3 aromatic carbocycles. The van der Waals surface area contributed by atoms with Gasteiger partial charge in [0.15, 0.2) is 6.61 Å². The minimum Gasteiger partial charge on any atom is -0.454 e.